The van der Waals surface area contributed by atoms with Crippen molar-refractivity contribution in [3.63, 3.8) is 0 Å². The molecule has 2 aromatic carbocycles. The molecule has 0 bridgehead atoms. The average Bonchev–Trinajstić information content (AvgIpc) is 3.26. The van der Waals surface area contributed by atoms with E-state index in [2.05, 4.69) is 5.32 Å². The van der Waals surface area contributed by atoms with Gasteiger partial charge in [-0.25, -0.2) is 9.18 Å². The molecule has 1 N–H and O–H groups in total. The van der Waals surface area contributed by atoms with Crippen LogP contribution >= 0.6 is 0 Å². The largest absolute Gasteiger partial charge is 0.466 e. The molecule has 0 aromatic heterocycles. The second-order valence-electron chi connectivity index (χ2n) is 8.14. The maximum absolute atomic E-state index is 14.8. The summed E-state index contributed by atoms with van der Waals surface area (Å²) in [6, 6.07) is 11.9. The second-order valence-corrected chi connectivity index (χ2v) is 8.14. The molecule has 6 nitrogen and oxygen atoms in total. The number of carbonyl (C=O) groups is 2. The topological polar surface area (TPSA) is 73.9 Å². The van der Waals surface area contributed by atoms with Gasteiger partial charge >= 0.3 is 5.97 Å². The smallest absolute Gasteiger partial charge is 0.336 e. The van der Waals surface area contributed by atoms with Gasteiger partial charge in [0.15, 0.2) is 17.3 Å². The summed E-state index contributed by atoms with van der Waals surface area (Å²) in [5.41, 5.74) is 3.21. The number of nitrogens with one attached hydrogen (secondary N) is 1. The molecule has 0 spiro atoms. The molecule has 32 heavy (non-hydrogen) atoms. The monoisotopic (exact) mass is 435 g/mol. The zero-order valence-corrected chi connectivity index (χ0v) is 17.7. The molecule has 2 aromatic rings. The van der Waals surface area contributed by atoms with E-state index in [4.69, 9.17) is 14.2 Å². The highest BCUT2D eigenvalue weighted by Gasteiger charge is 2.42. The van der Waals surface area contributed by atoms with Crippen molar-refractivity contribution in [2.75, 3.05) is 13.9 Å². The first-order valence-electron chi connectivity index (χ1n) is 10.4. The zero-order chi connectivity index (χ0) is 22.4. The number of halogens is 1. The predicted octanol–water partition coefficient (Wildman–Crippen LogP) is 4.09. The second kappa shape index (κ2) is 7.82. The molecule has 7 heteroatoms. The number of ether oxygens (including phenoxy) is 3. The Labute approximate surface area is 184 Å². The van der Waals surface area contributed by atoms with Crippen LogP contribution in [0.4, 0.5) is 4.39 Å². The third kappa shape index (κ3) is 3.25. The van der Waals surface area contributed by atoms with Crippen LogP contribution in [0.1, 0.15) is 42.7 Å². The van der Waals surface area contributed by atoms with Gasteiger partial charge in [0, 0.05) is 29.0 Å². The van der Waals surface area contributed by atoms with Crippen LogP contribution in [0.15, 0.2) is 65.0 Å². The number of hydrogen-bond acceptors (Lipinski definition) is 6. The molecule has 1 aliphatic carbocycles. The Kier molecular flexibility index (Phi) is 4.96. The Morgan fingerprint density at radius 2 is 1.91 bits per heavy atom. The number of benzene rings is 2. The Hall–Kier alpha value is -3.61. The molecule has 0 radical (unpaired) electrons. The first-order valence-corrected chi connectivity index (χ1v) is 10.4. The number of ketones is 1. The Morgan fingerprint density at radius 3 is 2.69 bits per heavy atom. The van der Waals surface area contributed by atoms with E-state index in [1.807, 2.05) is 18.2 Å². The lowest BCUT2D eigenvalue weighted by molar-refractivity contribution is -0.136. The number of hydrogen-bond donors (Lipinski definition) is 1. The van der Waals surface area contributed by atoms with Crippen molar-refractivity contribution in [3.8, 4) is 11.5 Å². The molecule has 0 saturated heterocycles. The van der Waals surface area contributed by atoms with E-state index < -0.39 is 17.7 Å². The van der Waals surface area contributed by atoms with Gasteiger partial charge in [0.2, 0.25) is 6.79 Å². The Morgan fingerprint density at radius 1 is 1.12 bits per heavy atom. The fraction of sp³-hybridized carbons (Fsp3) is 0.280. The van der Waals surface area contributed by atoms with E-state index in [0.717, 1.165) is 5.56 Å². The predicted molar refractivity (Wildman–Crippen MR) is 114 cm³/mol. The van der Waals surface area contributed by atoms with Gasteiger partial charge in [0.05, 0.1) is 18.6 Å². The van der Waals surface area contributed by atoms with Crippen LogP contribution in [-0.4, -0.2) is 25.7 Å². The number of dihydropyridines is 1. The molecule has 2 heterocycles. The molecule has 0 unspecified atom stereocenters. The minimum atomic E-state index is -0.815. The van der Waals surface area contributed by atoms with Crippen molar-refractivity contribution in [1.82, 2.24) is 5.32 Å². The van der Waals surface area contributed by atoms with Crippen molar-refractivity contribution in [2.24, 2.45) is 0 Å². The summed E-state index contributed by atoms with van der Waals surface area (Å²) >= 11 is 0. The number of esters is 1. The lowest BCUT2D eigenvalue weighted by atomic mass is 9.71. The van der Waals surface area contributed by atoms with Crippen molar-refractivity contribution in [1.29, 1.82) is 0 Å². The molecule has 0 fully saturated rings. The number of rotatable bonds is 3. The van der Waals surface area contributed by atoms with E-state index in [1.54, 1.807) is 25.1 Å². The van der Waals surface area contributed by atoms with Gasteiger partial charge in [-0.05, 0) is 43.0 Å². The summed E-state index contributed by atoms with van der Waals surface area (Å²) < 4.78 is 30.7. The molecule has 164 valence electrons. The molecule has 2 aliphatic heterocycles. The van der Waals surface area contributed by atoms with E-state index >= 15 is 0 Å². The third-order valence-corrected chi connectivity index (χ3v) is 6.32. The van der Waals surface area contributed by atoms with E-state index in [-0.39, 0.29) is 36.1 Å². The summed E-state index contributed by atoms with van der Waals surface area (Å²) in [7, 11) is 1.28. The molecular formula is C25H22FNO5. The quantitative estimate of drug-likeness (QED) is 0.733. The van der Waals surface area contributed by atoms with Gasteiger partial charge in [-0.3, -0.25) is 4.79 Å². The average molecular weight is 435 g/mol. The fourth-order valence-corrected chi connectivity index (χ4v) is 4.84. The minimum Gasteiger partial charge on any atom is -0.466 e. The third-order valence-electron chi connectivity index (χ3n) is 6.32. The van der Waals surface area contributed by atoms with Crippen LogP contribution in [0.5, 0.6) is 11.5 Å². The normalized spacial score (nSPS) is 21.9. The van der Waals surface area contributed by atoms with Crippen LogP contribution in [0.25, 0.3) is 0 Å². The SMILES string of the molecule is COC(=O)C1=C(C)NC2=C(C(=O)C[C@@H](c3ccc4c(c3)OCO4)C2)[C@H]1c1ccccc1F. The maximum Gasteiger partial charge on any atom is 0.336 e. The highest BCUT2D eigenvalue weighted by Crippen LogP contribution is 2.47. The molecule has 5 rings (SSSR count). The summed E-state index contributed by atoms with van der Waals surface area (Å²) in [4.78, 5) is 26.1. The first kappa shape index (κ1) is 20.3. The Balaban J connectivity index is 1.58. The number of methoxy groups -OCH3 is 1. The van der Waals surface area contributed by atoms with E-state index in [0.29, 0.717) is 34.9 Å². The number of Topliss-reactive ketones (excluding diaryl/α,β-unsaturated/α-hetero) is 1. The minimum absolute atomic E-state index is 0.0722. The number of allylic oxidation sites excluding steroid dienone is 3. The van der Waals surface area contributed by atoms with Gasteiger partial charge in [-0.15, -0.1) is 0 Å². The fourth-order valence-electron chi connectivity index (χ4n) is 4.84. The summed E-state index contributed by atoms with van der Waals surface area (Å²) in [5.74, 6) is -0.704. The highest BCUT2D eigenvalue weighted by atomic mass is 19.1. The van der Waals surface area contributed by atoms with Gasteiger partial charge in [-0.2, -0.15) is 0 Å². The zero-order valence-electron chi connectivity index (χ0n) is 17.7. The molecule has 0 amide bonds. The number of carbonyl (C=O) groups excluding carboxylic acids is 2. The Bertz CT molecular complexity index is 1200. The highest BCUT2D eigenvalue weighted by molar-refractivity contribution is 6.04. The molecule has 3 aliphatic rings. The van der Waals surface area contributed by atoms with Crippen LogP contribution in [0, 0.1) is 5.82 Å². The maximum atomic E-state index is 14.8. The summed E-state index contributed by atoms with van der Waals surface area (Å²) in [6.07, 6.45) is 0.802. The molecular weight excluding hydrogens is 413 g/mol. The van der Waals surface area contributed by atoms with Gasteiger partial charge in [0.1, 0.15) is 5.82 Å². The van der Waals surface area contributed by atoms with Crippen molar-refractivity contribution >= 4 is 11.8 Å². The van der Waals surface area contributed by atoms with Gasteiger partial charge in [0.25, 0.3) is 0 Å². The summed E-state index contributed by atoms with van der Waals surface area (Å²) in [6.45, 7) is 1.93. The van der Waals surface area contributed by atoms with Crippen LogP contribution in [0.2, 0.25) is 0 Å². The lowest BCUT2D eigenvalue weighted by Crippen LogP contribution is -2.36. The molecule has 0 saturated carbocycles. The van der Waals surface area contributed by atoms with Crippen LogP contribution in [0.3, 0.4) is 0 Å². The van der Waals surface area contributed by atoms with Gasteiger partial charge in [-0.1, -0.05) is 24.3 Å². The van der Waals surface area contributed by atoms with E-state index in [1.165, 1.54) is 13.2 Å². The van der Waals surface area contributed by atoms with E-state index in [9.17, 15) is 14.0 Å². The summed E-state index contributed by atoms with van der Waals surface area (Å²) in [5, 5.41) is 3.24. The van der Waals surface area contributed by atoms with Crippen LogP contribution < -0.4 is 14.8 Å². The first-order chi connectivity index (χ1) is 15.5. The standard InChI is InChI=1S/C25H22FNO5/c1-13-22(25(29)30-2)23(16-5-3-4-6-17(16)26)24-18(27-13)9-15(10-19(24)28)14-7-8-20-21(11-14)32-12-31-20/h3-8,11,15,23,27H,9-10,12H2,1-2H3/t15-,23-/m0/s1. The number of fused-ring (bicyclic) bond motifs is 1. The van der Waals surface area contributed by atoms with Crippen LogP contribution in [-0.2, 0) is 14.3 Å². The lowest BCUT2D eigenvalue weighted by Gasteiger charge is -2.36. The van der Waals surface area contributed by atoms with Crippen molar-refractivity contribution in [3.05, 3.63) is 81.9 Å². The van der Waals surface area contributed by atoms with Crippen molar-refractivity contribution < 1.29 is 28.2 Å². The molecule has 2 atom stereocenters. The van der Waals surface area contributed by atoms with Crippen molar-refractivity contribution in [2.45, 2.75) is 31.6 Å². The van der Waals surface area contributed by atoms with Gasteiger partial charge < -0.3 is 19.5 Å².